The van der Waals surface area contributed by atoms with E-state index in [1.54, 1.807) is 41.3 Å². The summed E-state index contributed by atoms with van der Waals surface area (Å²) in [5.74, 6) is 1.01. The molecule has 0 aromatic heterocycles. The first-order chi connectivity index (χ1) is 21.2. The number of aliphatic hydroxyl groups excluding tert-OH is 3. The lowest BCUT2D eigenvalue weighted by atomic mass is 9.77. The van der Waals surface area contributed by atoms with Crippen LogP contribution in [0.1, 0.15) is 54.7 Å². The molecule has 1 heterocycles. The number of hydrogen-bond acceptors (Lipinski definition) is 7. The third-order valence-electron chi connectivity index (χ3n) is 9.83. The van der Waals surface area contributed by atoms with Crippen LogP contribution in [-0.2, 0) is 22.7 Å². The lowest BCUT2D eigenvalue weighted by Crippen LogP contribution is -2.55. The molecule has 4 N–H and O–H groups in total. The first kappa shape index (κ1) is 31.2. The number of halogens is 2. The van der Waals surface area contributed by atoms with Crippen molar-refractivity contribution in [3.8, 4) is 11.5 Å². The highest BCUT2D eigenvalue weighted by Crippen LogP contribution is 2.52. The highest BCUT2D eigenvalue weighted by atomic mass is 35.5. The van der Waals surface area contributed by atoms with Crippen molar-refractivity contribution in [3.63, 3.8) is 0 Å². The molecule has 4 aliphatic rings. The fourth-order valence-corrected chi connectivity index (χ4v) is 8.10. The minimum Gasteiger partial charge on any atom is -0.493 e. The molecule has 2 aromatic carbocycles. The van der Waals surface area contributed by atoms with Gasteiger partial charge in [0.2, 0.25) is 11.8 Å². The maximum absolute atomic E-state index is 14.2. The van der Waals surface area contributed by atoms with Crippen LogP contribution in [0.15, 0.2) is 42.0 Å². The van der Waals surface area contributed by atoms with E-state index in [4.69, 9.17) is 32.7 Å². The Balaban J connectivity index is 1.40. The van der Waals surface area contributed by atoms with Gasteiger partial charge in [-0.05, 0) is 78.5 Å². The van der Waals surface area contributed by atoms with Gasteiger partial charge >= 0.3 is 0 Å². The number of carbonyl (C=O) groups excluding carboxylic acids is 2. The van der Waals surface area contributed by atoms with E-state index in [1.165, 1.54) is 20.0 Å². The molecule has 236 valence electrons. The first-order valence-electron chi connectivity index (χ1n) is 15.2. The summed E-state index contributed by atoms with van der Waals surface area (Å²) in [5, 5.41) is 34.8. The molecular formula is C33H38Cl2N2O7. The Bertz CT molecular complexity index is 1470. The van der Waals surface area contributed by atoms with E-state index in [0.29, 0.717) is 56.5 Å². The molecule has 2 fully saturated rings. The molecule has 3 aliphatic carbocycles. The van der Waals surface area contributed by atoms with Gasteiger partial charge in [-0.2, -0.15) is 0 Å². The number of ether oxygens (including phenoxy) is 2. The molecule has 0 saturated heterocycles. The largest absolute Gasteiger partial charge is 0.493 e. The maximum Gasteiger partial charge on any atom is 0.247 e. The van der Waals surface area contributed by atoms with E-state index >= 15 is 0 Å². The maximum atomic E-state index is 14.2. The standard InChI is InChI=1S/C33H38Cl2N2O7/c1-43-27-12-19(16-39)10-22-29-23(33(42)36-6-7-38)14-26(30(41)32(29)44-31(22)27)37(15-18-3-5-24(34)25(35)11-18)28(40)13-21-9-17-2-4-20(21)8-17/h3,5,10-12,14,17,20-21,26,29-30,32,38-39,41H,2,4,6-9,13,15-16H2,1H3,(H,36,42)/t17?,20?,21?,26-,29+,30+,32+/m1/s1. The van der Waals surface area contributed by atoms with Gasteiger partial charge in [-0.15, -0.1) is 0 Å². The second-order valence-electron chi connectivity index (χ2n) is 12.4. The quantitative estimate of drug-likeness (QED) is 0.308. The van der Waals surface area contributed by atoms with Crippen LogP contribution in [0.3, 0.4) is 0 Å². The van der Waals surface area contributed by atoms with Crippen molar-refractivity contribution >= 4 is 35.0 Å². The number of nitrogens with one attached hydrogen (secondary N) is 1. The molecule has 7 atom stereocenters. The number of methoxy groups -OCH3 is 1. The molecule has 44 heavy (non-hydrogen) atoms. The topological polar surface area (TPSA) is 129 Å². The fraction of sp³-hybridized carbons (Fsp3) is 0.515. The van der Waals surface area contributed by atoms with Crippen LogP contribution in [0.25, 0.3) is 0 Å². The summed E-state index contributed by atoms with van der Waals surface area (Å²) in [5.41, 5.74) is 2.21. The van der Waals surface area contributed by atoms with Crippen molar-refractivity contribution in [2.24, 2.45) is 17.8 Å². The second-order valence-corrected chi connectivity index (χ2v) is 13.2. The number of hydrogen-bond donors (Lipinski definition) is 4. The number of rotatable bonds is 10. The first-order valence-corrected chi connectivity index (χ1v) is 16.0. The molecule has 2 saturated carbocycles. The van der Waals surface area contributed by atoms with Crippen molar-refractivity contribution in [1.29, 1.82) is 0 Å². The number of amides is 2. The van der Waals surface area contributed by atoms with E-state index < -0.39 is 30.1 Å². The van der Waals surface area contributed by atoms with Crippen LogP contribution < -0.4 is 14.8 Å². The van der Waals surface area contributed by atoms with Gasteiger partial charge in [0.1, 0.15) is 12.2 Å². The second kappa shape index (κ2) is 12.9. The Hall–Kier alpha value is -2.82. The number of aliphatic hydroxyl groups is 3. The van der Waals surface area contributed by atoms with Gasteiger partial charge in [-0.25, -0.2) is 0 Å². The smallest absolute Gasteiger partial charge is 0.247 e. The van der Waals surface area contributed by atoms with Crippen LogP contribution in [0.4, 0.5) is 0 Å². The Morgan fingerprint density at radius 3 is 2.57 bits per heavy atom. The lowest BCUT2D eigenvalue weighted by molar-refractivity contribution is -0.139. The molecule has 1 aliphatic heterocycles. The molecule has 3 unspecified atom stereocenters. The summed E-state index contributed by atoms with van der Waals surface area (Å²) in [6.07, 6.45) is 4.47. The third kappa shape index (κ3) is 5.81. The van der Waals surface area contributed by atoms with Crippen molar-refractivity contribution < 1.29 is 34.4 Å². The molecular weight excluding hydrogens is 607 g/mol. The Labute approximate surface area is 266 Å². The van der Waals surface area contributed by atoms with Crippen LogP contribution in [0.5, 0.6) is 11.5 Å². The Kier molecular flexibility index (Phi) is 9.13. The monoisotopic (exact) mass is 644 g/mol. The minimum absolute atomic E-state index is 0.0324. The number of benzene rings is 2. The van der Waals surface area contributed by atoms with E-state index in [9.17, 15) is 24.9 Å². The van der Waals surface area contributed by atoms with Crippen LogP contribution in [0, 0.1) is 17.8 Å². The summed E-state index contributed by atoms with van der Waals surface area (Å²) in [6, 6.07) is 7.69. The summed E-state index contributed by atoms with van der Waals surface area (Å²) in [4.78, 5) is 29.5. The zero-order valence-electron chi connectivity index (χ0n) is 24.5. The summed E-state index contributed by atoms with van der Waals surface area (Å²) < 4.78 is 11.9. The van der Waals surface area contributed by atoms with Crippen molar-refractivity contribution in [1.82, 2.24) is 10.2 Å². The number of nitrogens with zero attached hydrogens (tertiary/aromatic N) is 1. The van der Waals surface area contributed by atoms with Crippen molar-refractivity contribution in [2.45, 2.75) is 69.4 Å². The summed E-state index contributed by atoms with van der Waals surface area (Å²) >= 11 is 12.5. The summed E-state index contributed by atoms with van der Waals surface area (Å²) in [7, 11) is 1.49. The highest BCUT2D eigenvalue weighted by Gasteiger charge is 2.52. The fourth-order valence-electron chi connectivity index (χ4n) is 7.78. The average Bonchev–Trinajstić information content (AvgIpc) is 3.75. The molecule has 0 spiro atoms. The van der Waals surface area contributed by atoms with Crippen molar-refractivity contribution in [2.75, 3.05) is 20.3 Å². The highest BCUT2D eigenvalue weighted by molar-refractivity contribution is 6.42. The van der Waals surface area contributed by atoms with Gasteiger partial charge in [0.05, 0.1) is 42.3 Å². The molecule has 11 heteroatoms. The van der Waals surface area contributed by atoms with Gasteiger partial charge in [0.25, 0.3) is 0 Å². The predicted octanol–water partition coefficient (Wildman–Crippen LogP) is 3.97. The summed E-state index contributed by atoms with van der Waals surface area (Å²) in [6.45, 7) is -0.329. The van der Waals surface area contributed by atoms with Crippen LogP contribution in [0.2, 0.25) is 10.0 Å². The minimum atomic E-state index is -1.20. The van der Waals surface area contributed by atoms with Crippen molar-refractivity contribution in [3.05, 3.63) is 68.7 Å². The predicted molar refractivity (Wildman–Crippen MR) is 165 cm³/mol. The van der Waals surface area contributed by atoms with E-state index in [-0.39, 0.29) is 38.1 Å². The van der Waals surface area contributed by atoms with Crippen LogP contribution in [-0.4, -0.2) is 70.5 Å². The molecule has 2 aromatic rings. The Morgan fingerprint density at radius 1 is 1.09 bits per heavy atom. The van der Waals surface area contributed by atoms with Gasteiger partial charge in [-0.3, -0.25) is 9.59 Å². The van der Waals surface area contributed by atoms with Gasteiger partial charge in [0, 0.05) is 30.6 Å². The molecule has 9 nitrogen and oxygen atoms in total. The molecule has 6 rings (SSSR count). The molecule has 2 bridgehead atoms. The Morgan fingerprint density at radius 2 is 1.91 bits per heavy atom. The van der Waals surface area contributed by atoms with Gasteiger partial charge in [0.15, 0.2) is 11.5 Å². The SMILES string of the molecule is COc1cc(CO)cc2c1O[C@@H]1[C@@H](O)[C@H](N(Cc3ccc(Cl)c(Cl)c3)C(=O)CC3CC4CCC3C4)C=C(C(=O)NCCO)[C@H]21. The van der Waals surface area contributed by atoms with Gasteiger partial charge < -0.3 is 35.0 Å². The number of fused-ring (bicyclic) bond motifs is 5. The van der Waals surface area contributed by atoms with E-state index in [0.717, 1.165) is 18.4 Å². The lowest BCUT2D eigenvalue weighted by Gasteiger charge is -2.41. The van der Waals surface area contributed by atoms with Gasteiger partial charge in [-0.1, -0.05) is 35.7 Å². The molecule has 2 amide bonds. The van der Waals surface area contributed by atoms with Crippen LogP contribution >= 0.6 is 23.2 Å². The normalized spacial score (nSPS) is 28.1. The average molecular weight is 646 g/mol. The molecule has 0 radical (unpaired) electrons. The number of carbonyl (C=O) groups is 2. The third-order valence-corrected chi connectivity index (χ3v) is 10.6. The zero-order chi connectivity index (χ0) is 31.1. The van der Waals surface area contributed by atoms with E-state index in [2.05, 4.69) is 5.32 Å². The zero-order valence-corrected chi connectivity index (χ0v) is 26.1. The van der Waals surface area contributed by atoms with E-state index in [1.807, 2.05) is 0 Å².